The van der Waals surface area contributed by atoms with Crippen LogP contribution in [-0.4, -0.2) is 23.5 Å². The summed E-state index contributed by atoms with van der Waals surface area (Å²) >= 11 is 0. The minimum atomic E-state index is -0.427. The highest BCUT2D eigenvalue weighted by atomic mass is 16.5. The molecule has 0 bridgehead atoms. The quantitative estimate of drug-likeness (QED) is 0.618. The first-order valence-corrected chi connectivity index (χ1v) is 8.91. The Balaban J connectivity index is 1.77. The lowest BCUT2D eigenvalue weighted by Gasteiger charge is -2.12. The van der Waals surface area contributed by atoms with Gasteiger partial charge in [0.2, 0.25) is 0 Å². The number of esters is 1. The van der Waals surface area contributed by atoms with E-state index in [2.05, 4.69) is 15.6 Å². The second kappa shape index (κ2) is 9.15. The molecule has 1 heterocycles. The maximum Gasteiger partial charge on any atom is 0.340 e. The van der Waals surface area contributed by atoms with E-state index in [4.69, 9.17) is 10.00 Å². The predicted molar refractivity (Wildman–Crippen MR) is 109 cm³/mol. The number of nitrogens with zero attached hydrogens (tertiary/aromatic N) is 2. The van der Waals surface area contributed by atoms with Gasteiger partial charge in [-0.3, -0.25) is 9.78 Å². The van der Waals surface area contributed by atoms with Gasteiger partial charge in [0.15, 0.2) is 0 Å². The summed E-state index contributed by atoms with van der Waals surface area (Å²) in [6.45, 7) is 2.03. The number of anilines is 3. The van der Waals surface area contributed by atoms with Crippen molar-refractivity contribution in [2.24, 2.45) is 0 Å². The van der Waals surface area contributed by atoms with Crippen LogP contribution in [0.3, 0.4) is 0 Å². The third-order valence-corrected chi connectivity index (χ3v) is 3.97. The van der Waals surface area contributed by atoms with E-state index in [-0.39, 0.29) is 12.3 Å². The first kappa shape index (κ1) is 19.6. The second-order valence-corrected chi connectivity index (χ2v) is 5.96. The summed E-state index contributed by atoms with van der Waals surface area (Å²) in [6.07, 6.45) is 1.50. The van der Waals surface area contributed by atoms with E-state index in [9.17, 15) is 9.59 Å². The van der Waals surface area contributed by atoms with Gasteiger partial charge in [-0.1, -0.05) is 12.1 Å². The number of hydrogen-bond donors (Lipinski definition) is 2. The molecule has 0 atom stereocenters. The Morgan fingerprint density at radius 3 is 2.55 bits per heavy atom. The summed E-state index contributed by atoms with van der Waals surface area (Å²) in [5.74, 6) is -0.819. The number of hydrogen-bond acceptors (Lipinski definition) is 6. The molecule has 7 heteroatoms. The molecular weight excluding hydrogens is 368 g/mol. The molecule has 1 amide bonds. The van der Waals surface area contributed by atoms with E-state index in [0.717, 1.165) is 0 Å². The van der Waals surface area contributed by atoms with Crippen molar-refractivity contribution in [1.29, 1.82) is 5.26 Å². The van der Waals surface area contributed by atoms with Crippen molar-refractivity contribution in [3.05, 3.63) is 83.7 Å². The van der Waals surface area contributed by atoms with Crippen molar-refractivity contribution in [2.75, 3.05) is 17.2 Å². The second-order valence-electron chi connectivity index (χ2n) is 5.96. The SMILES string of the molecule is CCOC(=O)c1ccccc1Nc1ccnc(C(=O)Nc2ccc(C#N)cc2)c1. The molecule has 29 heavy (non-hydrogen) atoms. The molecule has 0 saturated heterocycles. The van der Waals surface area contributed by atoms with Crippen molar-refractivity contribution in [3.63, 3.8) is 0 Å². The molecule has 1 aromatic heterocycles. The summed E-state index contributed by atoms with van der Waals surface area (Å²) in [7, 11) is 0. The average Bonchev–Trinajstić information content (AvgIpc) is 2.75. The Bertz CT molecular complexity index is 1070. The lowest BCUT2D eigenvalue weighted by atomic mass is 10.1. The van der Waals surface area contributed by atoms with Gasteiger partial charge in [0.1, 0.15) is 5.69 Å². The minimum Gasteiger partial charge on any atom is -0.462 e. The van der Waals surface area contributed by atoms with Crippen molar-refractivity contribution in [3.8, 4) is 6.07 Å². The number of amides is 1. The van der Waals surface area contributed by atoms with E-state index in [1.54, 1.807) is 67.6 Å². The van der Waals surface area contributed by atoms with Gasteiger partial charge in [0.25, 0.3) is 5.91 Å². The average molecular weight is 386 g/mol. The minimum absolute atomic E-state index is 0.202. The van der Waals surface area contributed by atoms with Crippen LogP contribution in [0.15, 0.2) is 66.9 Å². The molecule has 7 nitrogen and oxygen atoms in total. The lowest BCUT2D eigenvalue weighted by molar-refractivity contribution is 0.0527. The number of pyridine rings is 1. The zero-order chi connectivity index (χ0) is 20.6. The zero-order valence-electron chi connectivity index (χ0n) is 15.7. The standard InChI is InChI=1S/C22H18N4O3/c1-2-29-22(28)18-5-3-4-6-19(18)25-17-11-12-24-20(13-17)21(27)26-16-9-7-15(14-23)8-10-16/h3-13H,2H2,1H3,(H,24,25)(H,26,27). The van der Waals surface area contributed by atoms with Crippen LogP contribution in [0.4, 0.5) is 17.1 Å². The third kappa shape index (κ3) is 4.96. The van der Waals surface area contributed by atoms with E-state index in [1.807, 2.05) is 6.07 Å². The molecular formula is C22H18N4O3. The van der Waals surface area contributed by atoms with Crippen LogP contribution in [0, 0.1) is 11.3 Å². The van der Waals surface area contributed by atoms with Crippen LogP contribution < -0.4 is 10.6 Å². The Kier molecular flexibility index (Phi) is 6.18. The first-order valence-electron chi connectivity index (χ1n) is 8.91. The number of benzene rings is 2. The lowest BCUT2D eigenvalue weighted by Crippen LogP contribution is -2.14. The zero-order valence-corrected chi connectivity index (χ0v) is 15.7. The highest BCUT2D eigenvalue weighted by Crippen LogP contribution is 2.22. The number of ether oxygens (including phenoxy) is 1. The Hall–Kier alpha value is -4.18. The molecule has 0 aliphatic rings. The molecule has 0 spiro atoms. The molecule has 0 saturated carbocycles. The van der Waals surface area contributed by atoms with Crippen LogP contribution in [0.5, 0.6) is 0 Å². The number of rotatable bonds is 6. The van der Waals surface area contributed by atoms with Gasteiger partial charge < -0.3 is 15.4 Å². The highest BCUT2D eigenvalue weighted by molar-refractivity contribution is 6.03. The number of carbonyl (C=O) groups is 2. The van der Waals surface area contributed by atoms with E-state index in [0.29, 0.717) is 28.2 Å². The van der Waals surface area contributed by atoms with Crippen molar-refractivity contribution in [2.45, 2.75) is 6.92 Å². The van der Waals surface area contributed by atoms with E-state index in [1.165, 1.54) is 6.20 Å². The highest BCUT2D eigenvalue weighted by Gasteiger charge is 2.13. The molecule has 2 N–H and O–H groups in total. The van der Waals surface area contributed by atoms with Crippen LogP contribution in [0.1, 0.15) is 33.3 Å². The predicted octanol–water partition coefficient (Wildman–Crippen LogP) is 4.13. The molecule has 0 fully saturated rings. The summed E-state index contributed by atoms with van der Waals surface area (Å²) < 4.78 is 5.08. The van der Waals surface area contributed by atoms with Crippen LogP contribution in [0.2, 0.25) is 0 Å². The molecule has 0 unspecified atom stereocenters. The van der Waals surface area contributed by atoms with Gasteiger partial charge in [0.05, 0.1) is 29.5 Å². The Labute approximate surface area is 168 Å². The molecule has 0 aliphatic carbocycles. The molecule has 3 aromatic rings. The van der Waals surface area contributed by atoms with Crippen molar-refractivity contribution in [1.82, 2.24) is 4.98 Å². The monoisotopic (exact) mass is 386 g/mol. The number of para-hydroxylation sites is 1. The summed E-state index contributed by atoms with van der Waals surface area (Å²) in [4.78, 5) is 28.7. The topological polar surface area (TPSA) is 104 Å². The number of aromatic nitrogens is 1. The summed E-state index contributed by atoms with van der Waals surface area (Å²) in [5, 5.41) is 14.7. The van der Waals surface area contributed by atoms with Gasteiger partial charge >= 0.3 is 5.97 Å². The van der Waals surface area contributed by atoms with Gasteiger partial charge in [0, 0.05) is 17.6 Å². The van der Waals surface area contributed by atoms with Gasteiger partial charge in [-0.2, -0.15) is 5.26 Å². The molecule has 0 aliphatic heterocycles. The molecule has 144 valence electrons. The van der Waals surface area contributed by atoms with Crippen molar-refractivity contribution >= 4 is 28.9 Å². The maximum absolute atomic E-state index is 12.5. The third-order valence-electron chi connectivity index (χ3n) is 3.97. The number of nitriles is 1. The normalized spacial score (nSPS) is 9.93. The number of carbonyl (C=O) groups excluding carboxylic acids is 2. The maximum atomic E-state index is 12.5. The largest absolute Gasteiger partial charge is 0.462 e. The summed E-state index contributed by atoms with van der Waals surface area (Å²) in [6, 6.07) is 18.8. The van der Waals surface area contributed by atoms with Gasteiger partial charge in [-0.15, -0.1) is 0 Å². The molecule has 0 radical (unpaired) electrons. The first-order chi connectivity index (χ1) is 14.1. The van der Waals surface area contributed by atoms with Crippen LogP contribution in [0.25, 0.3) is 0 Å². The van der Waals surface area contributed by atoms with E-state index >= 15 is 0 Å². The molecule has 2 aromatic carbocycles. The van der Waals surface area contributed by atoms with E-state index < -0.39 is 11.9 Å². The van der Waals surface area contributed by atoms with Crippen LogP contribution in [-0.2, 0) is 4.74 Å². The van der Waals surface area contributed by atoms with Gasteiger partial charge in [-0.25, -0.2) is 4.79 Å². The van der Waals surface area contributed by atoms with Crippen molar-refractivity contribution < 1.29 is 14.3 Å². The fourth-order valence-electron chi connectivity index (χ4n) is 2.59. The smallest absolute Gasteiger partial charge is 0.340 e. The Morgan fingerprint density at radius 2 is 1.83 bits per heavy atom. The Morgan fingerprint density at radius 1 is 1.07 bits per heavy atom. The fraction of sp³-hybridized carbons (Fsp3) is 0.0909. The van der Waals surface area contributed by atoms with Crippen LogP contribution >= 0.6 is 0 Å². The fourth-order valence-corrected chi connectivity index (χ4v) is 2.59. The molecule has 3 rings (SSSR count). The number of nitrogens with one attached hydrogen (secondary N) is 2. The van der Waals surface area contributed by atoms with Gasteiger partial charge in [-0.05, 0) is 55.5 Å². The summed E-state index contributed by atoms with van der Waals surface area (Å²) in [5.41, 5.74) is 2.83.